The van der Waals surface area contributed by atoms with Gasteiger partial charge in [0, 0.05) is 30.8 Å². The highest BCUT2D eigenvalue weighted by molar-refractivity contribution is 5.92. The molecule has 1 heterocycles. The van der Waals surface area contributed by atoms with Gasteiger partial charge in [-0.3, -0.25) is 9.59 Å². The molecule has 2 aliphatic rings. The lowest BCUT2D eigenvalue weighted by Gasteiger charge is -2.39. The summed E-state index contributed by atoms with van der Waals surface area (Å²) in [4.78, 5) is 24.6. The van der Waals surface area contributed by atoms with Crippen LogP contribution in [0.4, 0.5) is 0 Å². The minimum Gasteiger partial charge on any atom is -0.371 e. The molecule has 0 bridgehead atoms. The zero-order chi connectivity index (χ0) is 11.7. The van der Waals surface area contributed by atoms with Crippen molar-refractivity contribution in [3.8, 4) is 0 Å². The molecule has 2 unspecified atom stereocenters. The molecule has 1 fully saturated rings. The van der Waals surface area contributed by atoms with E-state index in [-0.39, 0.29) is 17.6 Å². The van der Waals surface area contributed by atoms with Crippen molar-refractivity contribution in [1.29, 1.82) is 0 Å². The predicted octanol–water partition coefficient (Wildman–Crippen LogP) is 0.819. The zero-order valence-corrected chi connectivity index (χ0v) is 9.61. The molecule has 1 amide bonds. The first-order chi connectivity index (χ1) is 7.58. The maximum Gasteiger partial charge on any atom is 0.222 e. The molecule has 2 rings (SSSR count). The molecule has 2 N–H and O–H groups in total. The average molecular weight is 222 g/mol. The standard InChI is InChI=1S/C12H18N2O2/c1-8-2-3-9(12(13)16)7-14(8)10-4-5-11(15)6-10/h6,8-9H,2-5,7H2,1H3,(H2,13,16). The van der Waals surface area contributed by atoms with Crippen molar-refractivity contribution in [2.45, 2.75) is 38.6 Å². The number of hydrogen-bond donors (Lipinski definition) is 1. The molecular weight excluding hydrogens is 204 g/mol. The van der Waals surface area contributed by atoms with E-state index in [2.05, 4.69) is 11.8 Å². The van der Waals surface area contributed by atoms with E-state index in [4.69, 9.17) is 5.73 Å². The summed E-state index contributed by atoms with van der Waals surface area (Å²) in [6.45, 7) is 2.82. The fraction of sp³-hybridized carbons (Fsp3) is 0.667. The first kappa shape index (κ1) is 11.2. The first-order valence-corrected chi connectivity index (χ1v) is 5.87. The topological polar surface area (TPSA) is 63.4 Å². The van der Waals surface area contributed by atoms with E-state index in [0.29, 0.717) is 19.0 Å². The molecule has 4 nitrogen and oxygen atoms in total. The number of nitrogens with two attached hydrogens (primary N) is 1. The van der Waals surface area contributed by atoms with Crippen LogP contribution in [0.1, 0.15) is 32.6 Å². The SMILES string of the molecule is CC1CCC(C(N)=O)CN1C1=CC(=O)CC1. The third-order valence-electron chi connectivity index (χ3n) is 3.61. The van der Waals surface area contributed by atoms with Crippen LogP contribution in [0.2, 0.25) is 0 Å². The van der Waals surface area contributed by atoms with E-state index in [1.807, 2.05) is 0 Å². The lowest BCUT2D eigenvalue weighted by Crippen LogP contribution is -2.44. The van der Waals surface area contributed by atoms with Crippen molar-refractivity contribution < 1.29 is 9.59 Å². The molecule has 1 saturated heterocycles. The summed E-state index contributed by atoms with van der Waals surface area (Å²) in [6, 6.07) is 0.410. The van der Waals surface area contributed by atoms with Gasteiger partial charge in [-0.1, -0.05) is 0 Å². The van der Waals surface area contributed by atoms with Gasteiger partial charge >= 0.3 is 0 Å². The number of rotatable bonds is 2. The van der Waals surface area contributed by atoms with Crippen LogP contribution in [0.25, 0.3) is 0 Å². The Hall–Kier alpha value is -1.32. The lowest BCUT2D eigenvalue weighted by atomic mass is 9.92. The van der Waals surface area contributed by atoms with Gasteiger partial charge in [0.15, 0.2) is 5.78 Å². The van der Waals surface area contributed by atoms with Crippen molar-refractivity contribution in [3.05, 3.63) is 11.8 Å². The molecule has 0 saturated carbocycles. The summed E-state index contributed by atoms with van der Waals surface area (Å²) < 4.78 is 0. The van der Waals surface area contributed by atoms with Gasteiger partial charge in [0.2, 0.25) is 5.91 Å². The molecule has 2 atom stereocenters. The Morgan fingerprint density at radius 2 is 2.19 bits per heavy atom. The molecule has 0 spiro atoms. The molecule has 0 aromatic heterocycles. The second-order valence-corrected chi connectivity index (χ2v) is 4.78. The van der Waals surface area contributed by atoms with E-state index in [1.54, 1.807) is 6.08 Å². The Kier molecular flexibility index (Phi) is 2.99. The molecule has 88 valence electrons. The lowest BCUT2D eigenvalue weighted by molar-refractivity contribution is -0.123. The van der Waals surface area contributed by atoms with Gasteiger partial charge in [-0.05, 0) is 26.2 Å². The number of nitrogens with zero attached hydrogens (tertiary/aromatic N) is 1. The number of carbonyl (C=O) groups is 2. The van der Waals surface area contributed by atoms with Crippen LogP contribution in [-0.4, -0.2) is 29.2 Å². The Morgan fingerprint density at radius 3 is 2.75 bits per heavy atom. The van der Waals surface area contributed by atoms with Crippen molar-refractivity contribution in [2.24, 2.45) is 11.7 Å². The van der Waals surface area contributed by atoms with Crippen molar-refractivity contribution in [2.75, 3.05) is 6.54 Å². The van der Waals surface area contributed by atoms with Crippen LogP contribution in [0.3, 0.4) is 0 Å². The van der Waals surface area contributed by atoms with E-state index in [1.165, 1.54) is 0 Å². The van der Waals surface area contributed by atoms with Crippen LogP contribution in [-0.2, 0) is 9.59 Å². The van der Waals surface area contributed by atoms with E-state index >= 15 is 0 Å². The number of primary amides is 1. The van der Waals surface area contributed by atoms with Gasteiger partial charge in [-0.25, -0.2) is 0 Å². The summed E-state index contributed by atoms with van der Waals surface area (Å²) in [5.41, 5.74) is 6.44. The highest BCUT2D eigenvalue weighted by Crippen LogP contribution is 2.29. The number of allylic oxidation sites excluding steroid dienone is 2. The molecular formula is C12H18N2O2. The number of amides is 1. The van der Waals surface area contributed by atoms with Gasteiger partial charge in [-0.2, -0.15) is 0 Å². The third kappa shape index (κ3) is 2.10. The zero-order valence-electron chi connectivity index (χ0n) is 9.61. The van der Waals surface area contributed by atoms with E-state index < -0.39 is 0 Å². The molecule has 0 radical (unpaired) electrons. The maximum atomic E-state index is 11.2. The fourth-order valence-electron chi connectivity index (χ4n) is 2.55. The van der Waals surface area contributed by atoms with Crippen molar-refractivity contribution in [1.82, 2.24) is 4.90 Å². The van der Waals surface area contributed by atoms with E-state index in [0.717, 1.165) is 25.0 Å². The summed E-state index contributed by atoms with van der Waals surface area (Å²) >= 11 is 0. The van der Waals surface area contributed by atoms with Gasteiger partial charge < -0.3 is 10.6 Å². The van der Waals surface area contributed by atoms with Crippen LogP contribution in [0.15, 0.2) is 11.8 Å². The highest BCUT2D eigenvalue weighted by Gasteiger charge is 2.31. The van der Waals surface area contributed by atoms with Crippen LogP contribution >= 0.6 is 0 Å². The molecule has 0 aromatic rings. The fourth-order valence-corrected chi connectivity index (χ4v) is 2.55. The Morgan fingerprint density at radius 1 is 1.44 bits per heavy atom. The Bertz CT molecular complexity index is 349. The van der Waals surface area contributed by atoms with E-state index in [9.17, 15) is 9.59 Å². The summed E-state index contributed by atoms with van der Waals surface area (Å²) in [5, 5.41) is 0. The second-order valence-electron chi connectivity index (χ2n) is 4.78. The minimum absolute atomic E-state index is 0.0622. The Balaban J connectivity index is 2.10. The first-order valence-electron chi connectivity index (χ1n) is 5.87. The number of ketones is 1. The largest absolute Gasteiger partial charge is 0.371 e. The number of hydrogen-bond acceptors (Lipinski definition) is 3. The summed E-state index contributed by atoms with van der Waals surface area (Å²) in [7, 11) is 0. The predicted molar refractivity (Wildman–Crippen MR) is 60.4 cm³/mol. The van der Waals surface area contributed by atoms with Crippen LogP contribution in [0.5, 0.6) is 0 Å². The van der Waals surface area contributed by atoms with Crippen LogP contribution < -0.4 is 5.73 Å². The normalized spacial score (nSPS) is 30.4. The molecule has 1 aliphatic heterocycles. The second kappa shape index (κ2) is 4.28. The summed E-state index contributed by atoms with van der Waals surface area (Å²) in [5.74, 6) is -0.0852. The minimum atomic E-state index is -0.221. The van der Waals surface area contributed by atoms with Gasteiger partial charge in [0.1, 0.15) is 0 Å². The molecule has 4 heteroatoms. The molecule has 16 heavy (non-hydrogen) atoms. The number of piperidine rings is 1. The third-order valence-corrected chi connectivity index (χ3v) is 3.61. The number of carbonyl (C=O) groups excluding carboxylic acids is 2. The van der Waals surface area contributed by atoms with Gasteiger partial charge in [0.05, 0.1) is 5.92 Å². The quantitative estimate of drug-likeness (QED) is 0.752. The van der Waals surface area contributed by atoms with Crippen LogP contribution in [0, 0.1) is 5.92 Å². The Labute approximate surface area is 95.5 Å². The average Bonchev–Trinajstić information content (AvgIpc) is 2.65. The highest BCUT2D eigenvalue weighted by atomic mass is 16.1. The molecule has 0 aromatic carbocycles. The maximum absolute atomic E-state index is 11.2. The van der Waals surface area contributed by atoms with Gasteiger partial charge in [-0.15, -0.1) is 0 Å². The smallest absolute Gasteiger partial charge is 0.222 e. The van der Waals surface area contributed by atoms with Crippen molar-refractivity contribution >= 4 is 11.7 Å². The molecule has 1 aliphatic carbocycles. The number of likely N-dealkylation sites (tertiary alicyclic amines) is 1. The van der Waals surface area contributed by atoms with Gasteiger partial charge in [0.25, 0.3) is 0 Å². The monoisotopic (exact) mass is 222 g/mol. The van der Waals surface area contributed by atoms with Crippen molar-refractivity contribution in [3.63, 3.8) is 0 Å². The summed E-state index contributed by atoms with van der Waals surface area (Å²) in [6.07, 6.45) is 4.99.